The summed E-state index contributed by atoms with van der Waals surface area (Å²) in [5.74, 6) is 0.646. The van der Waals surface area contributed by atoms with Crippen LogP contribution in [-0.2, 0) is 4.79 Å². The summed E-state index contributed by atoms with van der Waals surface area (Å²) in [5, 5.41) is 2.89. The van der Waals surface area contributed by atoms with Crippen molar-refractivity contribution in [2.75, 3.05) is 11.9 Å². The Morgan fingerprint density at radius 1 is 0.909 bits per heavy atom. The number of ether oxygens (including phenoxy) is 1. The number of hydrogen-bond donors (Lipinski definition) is 1. The van der Waals surface area contributed by atoms with Gasteiger partial charge in [0.15, 0.2) is 6.61 Å². The topological polar surface area (TPSA) is 38.3 Å². The number of nitrogens with one attached hydrogen (secondary N) is 1. The Labute approximate surface area is 132 Å². The molecular formula is C19H23NO2. The van der Waals surface area contributed by atoms with Crippen LogP contribution in [0, 0.1) is 34.6 Å². The van der Waals surface area contributed by atoms with E-state index in [9.17, 15) is 4.79 Å². The van der Waals surface area contributed by atoms with Crippen molar-refractivity contribution >= 4 is 11.6 Å². The van der Waals surface area contributed by atoms with Gasteiger partial charge in [-0.1, -0.05) is 35.4 Å². The number of carbonyl (C=O) groups is 1. The van der Waals surface area contributed by atoms with Gasteiger partial charge in [-0.15, -0.1) is 0 Å². The number of benzene rings is 2. The van der Waals surface area contributed by atoms with E-state index in [2.05, 4.69) is 24.4 Å². The van der Waals surface area contributed by atoms with E-state index in [1.807, 2.05) is 45.9 Å². The summed E-state index contributed by atoms with van der Waals surface area (Å²) in [4.78, 5) is 12.1. The standard InChI is InChI=1S/C19H23NO2/c1-12-6-7-17(14(3)8-12)20-18(21)11-22-19-15(4)9-13(2)10-16(19)5/h6-10H,11H2,1-5H3,(H,20,21). The lowest BCUT2D eigenvalue weighted by Crippen LogP contribution is -2.21. The molecule has 0 spiro atoms. The maximum Gasteiger partial charge on any atom is 0.262 e. The van der Waals surface area contributed by atoms with Crippen molar-refractivity contribution in [2.24, 2.45) is 0 Å². The number of anilines is 1. The lowest BCUT2D eigenvalue weighted by atomic mass is 10.1. The molecule has 2 aromatic carbocycles. The molecule has 2 rings (SSSR count). The minimum Gasteiger partial charge on any atom is -0.483 e. The molecule has 0 saturated carbocycles. The predicted octanol–water partition coefficient (Wildman–Crippen LogP) is 4.25. The number of rotatable bonds is 4. The summed E-state index contributed by atoms with van der Waals surface area (Å²) in [5.41, 5.74) is 6.36. The van der Waals surface area contributed by atoms with Crippen LogP contribution in [0.1, 0.15) is 27.8 Å². The molecule has 22 heavy (non-hydrogen) atoms. The molecule has 0 aliphatic rings. The van der Waals surface area contributed by atoms with Crippen molar-refractivity contribution in [3.8, 4) is 5.75 Å². The fourth-order valence-corrected chi connectivity index (χ4v) is 2.67. The molecule has 0 aliphatic heterocycles. The highest BCUT2D eigenvalue weighted by Gasteiger charge is 2.09. The molecule has 0 aliphatic carbocycles. The molecule has 0 fully saturated rings. The van der Waals surface area contributed by atoms with Gasteiger partial charge in [-0.2, -0.15) is 0 Å². The zero-order chi connectivity index (χ0) is 16.3. The van der Waals surface area contributed by atoms with Crippen molar-refractivity contribution in [3.63, 3.8) is 0 Å². The Morgan fingerprint density at radius 2 is 1.50 bits per heavy atom. The minimum atomic E-state index is -0.147. The van der Waals surface area contributed by atoms with E-state index in [4.69, 9.17) is 4.74 Å². The molecule has 116 valence electrons. The van der Waals surface area contributed by atoms with Crippen molar-refractivity contribution in [3.05, 3.63) is 58.1 Å². The van der Waals surface area contributed by atoms with E-state index in [1.54, 1.807) is 0 Å². The first-order chi connectivity index (χ1) is 10.4. The second-order valence-corrected chi connectivity index (χ2v) is 5.88. The van der Waals surface area contributed by atoms with Gasteiger partial charge in [-0.3, -0.25) is 4.79 Å². The van der Waals surface area contributed by atoms with E-state index in [0.717, 1.165) is 28.1 Å². The lowest BCUT2D eigenvalue weighted by molar-refractivity contribution is -0.118. The number of aryl methyl sites for hydroxylation is 5. The molecule has 3 nitrogen and oxygen atoms in total. The van der Waals surface area contributed by atoms with Crippen LogP contribution in [-0.4, -0.2) is 12.5 Å². The van der Waals surface area contributed by atoms with Gasteiger partial charge in [0.2, 0.25) is 0 Å². The Bertz CT molecular complexity index is 682. The van der Waals surface area contributed by atoms with E-state index in [1.165, 1.54) is 11.1 Å². The smallest absolute Gasteiger partial charge is 0.262 e. The van der Waals surface area contributed by atoms with Gasteiger partial charge in [-0.05, 0) is 57.4 Å². The highest BCUT2D eigenvalue weighted by Crippen LogP contribution is 2.24. The maximum atomic E-state index is 12.1. The molecule has 3 heteroatoms. The average Bonchev–Trinajstić information content (AvgIpc) is 2.40. The van der Waals surface area contributed by atoms with Crippen molar-refractivity contribution in [1.82, 2.24) is 0 Å². The third-order valence-electron chi connectivity index (χ3n) is 3.61. The molecule has 0 bridgehead atoms. The summed E-state index contributed by atoms with van der Waals surface area (Å²) in [6, 6.07) is 10.1. The molecular weight excluding hydrogens is 274 g/mol. The third-order valence-corrected chi connectivity index (χ3v) is 3.61. The Kier molecular flexibility index (Phi) is 4.86. The van der Waals surface area contributed by atoms with Crippen molar-refractivity contribution in [1.29, 1.82) is 0 Å². The Morgan fingerprint density at radius 3 is 2.09 bits per heavy atom. The van der Waals surface area contributed by atoms with E-state index >= 15 is 0 Å². The van der Waals surface area contributed by atoms with Crippen LogP contribution in [0.25, 0.3) is 0 Å². The Hall–Kier alpha value is -2.29. The maximum absolute atomic E-state index is 12.1. The average molecular weight is 297 g/mol. The molecule has 0 aromatic heterocycles. The minimum absolute atomic E-state index is 0.0120. The largest absolute Gasteiger partial charge is 0.483 e. The van der Waals surface area contributed by atoms with Crippen LogP contribution in [0.5, 0.6) is 5.75 Å². The molecule has 0 atom stereocenters. The predicted molar refractivity (Wildman–Crippen MR) is 90.7 cm³/mol. The van der Waals surface area contributed by atoms with E-state index in [-0.39, 0.29) is 12.5 Å². The van der Waals surface area contributed by atoms with Gasteiger partial charge in [0, 0.05) is 5.69 Å². The third kappa shape index (κ3) is 3.88. The summed E-state index contributed by atoms with van der Waals surface area (Å²) in [6.07, 6.45) is 0. The van der Waals surface area contributed by atoms with Crippen LogP contribution in [0.15, 0.2) is 30.3 Å². The van der Waals surface area contributed by atoms with Gasteiger partial charge in [0.1, 0.15) is 5.75 Å². The fourth-order valence-electron chi connectivity index (χ4n) is 2.67. The molecule has 0 saturated heterocycles. The van der Waals surface area contributed by atoms with Crippen LogP contribution < -0.4 is 10.1 Å². The summed E-state index contributed by atoms with van der Waals surface area (Å²) < 4.78 is 5.71. The normalized spacial score (nSPS) is 10.4. The first-order valence-electron chi connectivity index (χ1n) is 7.44. The van der Waals surface area contributed by atoms with Crippen LogP contribution in [0.4, 0.5) is 5.69 Å². The first kappa shape index (κ1) is 16.1. The first-order valence-corrected chi connectivity index (χ1v) is 7.44. The molecule has 1 N–H and O–H groups in total. The van der Waals surface area contributed by atoms with Gasteiger partial charge in [0.25, 0.3) is 5.91 Å². The number of amides is 1. The van der Waals surface area contributed by atoms with Gasteiger partial charge < -0.3 is 10.1 Å². The molecule has 2 aromatic rings. The number of carbonyl (C=O) groups excluding carboxylic acids is 1. The summed E-state index contributed by atoms with van der Waals surface area (Å²) in [7, 11) is 0. The van der Waals surface area contributed by atoms with Gasteiger partial charge in [0.05, 0.1) is 0 Å². The Balaban J connectivity index is 2.02. The van der Waals surface area contributed by atoms with E-state index in [0.29, 0.717) is 0 Å². The summed E-state index contributed by atoms with van der Waals surface area (Å²) >= 11 is 0. The molecule has 0 unspecified atom stereocenters. The lowest BCUT2D eigenvalue weighted by Gasteiger charge is -2.14. The van der Waals surface area contributed by atoms with Crippen LogP contribution in [0.3, 0.4) is 0 Å². The zero-order valence-electron chi connectivity index (χ0n) is 13.9. The molecule has 0 heterocycles. The number of hydrogen-bond acceptors (Lipinski definition) is 2. The second kappa shape index (κ2) is 6.65. The highest BCUT2D eigenvalue weighted by atomic mass is 16.5. The molecule has 0 radical (unpaired) electrons. The van der Waals surface area contributed by atoms with Crippen LogP contribution in [0.2, 0.25) is 0 Å². The van der Waals surface area contributed by atoms with Crippen molar-refractivity contribution in [2.45, 2.75) is 34.6 Å². The quantitative estimate of drug-likeness (QED) is 0.916. The highest BCUT2D eigenvalue weighted by molar-refractivity contribution is 5.92. The molecule has 1 amide bonds. The second-order valence-electron chi connectivity index (χ2n) is 5.88. The van der Waals surface area contributed by atoms with Gasteiger partial charge in [-0.25, -0.2) is 0 Å². The summed E-state index contributed by atoms with van der Waals surface area (Å²) in [6.45, 7) is 10.1. The van der Waals surface area contributed by atoms with Crippen LogP contribution >= 0.6 is 0 Å². The van der Waals surface area contributed by atoms with Gasteiger partial charge >= 0.3 is 0 Å². The van der Waals surface area contributed by atoms with Crippen molar-refractivity contribution < 1.29 is 9.53 Å². The monoisotopic (exact) mass is 297 g/mol. The SMILES string of the molecule is Cc1ccc(NC(=O)COc2c(C)cc(C)cc2C)c(C)c1. The van der Waals surface area contributed by atoms with E-state index < -0.39 is 0 Å². The fraction of sp³-hybridized carbons (Fsp3) is 0.316. The zero-order valence-corrected chi connectivity index (χ0v) is 13.9.